The van der Waals surface area contributed by atoms with Crippen molar-refractivity contribution in [3.63, 3.8) is 0 Å². The van der Waals surface area contributed by atoms with E-state index in [1.807, 2.05) is 24.3 Å². The highest BCUT2D eigenvalue weighted by atomic mass is 35.5. The van der Waals surface area contributed by atoms with Crippen LogP contribution in [0.5, 0.6) is 0 Å². The molecule has 0 bridgehead atoms. The van der Waals surface area contributed by atoms with Gasteiger partial charge in [-0.05, 0) is 48.0 Å². The molecule has 0 N–H and O–H groups in total. The summed E-state index contributed by atoms with van der Waals surface area (Å²) in [6.07, 6.45) is 3.76. The van der Waals surface area contributed by atoms with Crippen molar-refractivity contribution in [2.45, 2.75) is 0 Å². The minimum Gasteiger partial charge on any atom is -0.207 e. The molecular weight excluding hydrogens is 347 g/mol. The van der Waals surface area contributed by atoms with Gasteiger partial charge in [0.1, 0.15) is 10.8 Å². The van der Waals surface area contributed by atoms with Gasteiger partial charge in [-0.1, -0.05) is 41.1 Å². The lowest BCUT2D eigenvalue weighted by molar-refractivity contribution is 0.628. The highest BCUT2D eigenvalue weighted by Crippen LogP contribution is 2.23. The van der Waals surface area contributed by atoms with Crippen LogP contribution in [0.15, 0.2) is 48.5 Å². The number of rotatable bonds is 3. The lowest BCUT2D eigenvalue weighted by Gasteiger charge is -1.96. The first-order valence-corrected chi connectivity index (χ1v) is 8.30. The largest absolute Gasteiger partial charge is 0.235 e. The number of halogens is 2. The summed E-state index contributed by atoms with van der Waals surface area (Å²) in [7, 11) is 0. The van der Waals surface area contributed by atoms with Crippen LogP contribution < -0.4 is 0 Å². The van der Waals surface area contributed by atoms with E-state index in [4.69, 9.17) is 11.6 Å². The molecule has 0 amide bonds. The molecule has 0 saturated heterocycles. The third-order valence-corrected chi connectivity index (χ3v) is 4.51. The van der Waals surface area contributed by atoms with E-state index in [2.05, 4.69) is 15.3 Å². The fourth-order valence-electron chi connectivity index (χ4n) is 2.22. The van der Waals surface area contributed by atoms with E-state index >= 15 is 0 Å². The third kappa shape index (κ3) is 2.93. The zero-order valence-corrected chi connectivity index (χ0v) is 13.8. The summed E-state index contributed by atoms with van der Waals surface area (Å²) in [5, 5.41) is 14.3. The van der Waals surface area contributed by atoms with Crippen LogP contribution in [0.2, 0.25) is 5.02 Å². The Hall–Kier alpha value is -2.57. The van der Waals surface area contributed by atoms with Gasteiger partial charge in [0.25, 0.3) is 0 Å². The van der Waals surface area contributed by atoms with Crippen molar-refractivity contribution in [2.75, 3.05) is 0 Å². The molecule has 0 spiro atoms. The summed E-state index contributed by atoms with van der Waals surface area (Å²) in [6.45, 7) is 0. The predicted octanol–water partition coefficient (Wildman–Crippen LogP) is 4.82. The van der Waals surface area contributed by atoms with Crippen molar-refractivity contribution in [2.24, 2.45) is 0 Å². The third-order valence-electron chi connectivity index (χ3n) is 3.40. The van der Waals surface area contributed by atoms with Gasteiger partial charge in [0.2, 0.25) is 4.96 Å². The zero-order valence-electron chi connectivity index (χ0n) is 12.2. The van der Waals surface area contributed by atoms with Gasteiger partial charge in [0.05, 0.1) is 0 Å². The van der Waals surface area contributed by atoms with Gasteiger partial charge < -0.3 is 0 Å². The van der Waals surface area contributed by atoms with Crippen LogP contribution in [0.4, 0.5) is 4.39 Å². The van der Waals surface area contributed by atoms with Crippen LogP contribution in [0.1, 0.15) is 10.6 Å². The smallest absolute Gasteiger partial charge is 0.207 e. The molecule has 0 atom stereocenters. The fraction of sp³-hybridized carbons (Fsp3) is 0. The van der Waals surface area contributed by atoms with E-state index in [1.54, 1.807) is 28.8 Å². The molecule has 118 valence electrons. The topological polar surface area (TPSA) is 43.1 Å². The Bertz CT molecular complexity index is 1020. The molecule has 0 saturated carbocycles. The van der Waals surface area contributed by atoms with Crippen molar-refractivity contribution in [1.29, 1.82) is 0 Å². The van der Waals surface area contributed by atoms with Crippen LogP contribution in [-0.4, -0.2) is 19.8 Å². The predicted molar refractivity (Wildman–Crippen MR) is 94.4 cm³/mol. The number of aromatic nitrogens is 4. The molecular formula is C17H10ClFN4S. The molecule has 0 unspecified atom stereocenters. The van der Waals surface area contributed by atoms with Gasteiger partial charge in [-0.3, -0.25) is 0 Å². The molecule has 0 radical (unpaired) electrons. The first-order chi connectivity index (χ1) is 11.7. The quantitative estimate of drug-likeness (QED) is 0.528. The summed E-state index contributed by atoms with van der Waals surface area (Å²) in [5.41, 5.74) is 1.80. The number of nitrogens with zero attached hydrogens (tertiary/aromatic N) is 4. The Labute approximate surface area is 145 Å². The van der Waals surface area contributed by atoms with Crippen LogP contribution in [-0.2, 0) is 0 Å². The Kier molecular flexibility index (Phi) is 3.84. The maximum absolute atomic E-state index is 12.9. The number of benzene rings is 2. The van der Waals surface area contributed by atoms with E-state index in [0.29, 0.717) is 15.8 Å². The Balaban J connectivity index is 1.66. The number of fused-ring (bicyclic) bond motifs is 1. The molecule has 0 aliphatic carbocycles. The average Bonchev–Trinajstić information content (AvgIpc) is 3.15. The maximum atomic E-state index is 12.9. The second-order valence-corrected chi connectivity index (χ2v) is 6.47. The normalized spacial score (nSPS) is 11.6. The molecule has 2 heterocycles. The molecule has 4 aromatic rings. The van der Waals surface area contributed by atoms with Crippen LogP contribution in [0, 0.1) is 5.82 Å². The van der Waals surface area contributed by atoms with Gasteiger partial charge in [-0.2, -0.15) is 9.61 Å². The summed E-state index contributed by atoms with van der Waals surface area (Å²) < 4.78 is 14.6. The van der Waals surface area contributed by atoms with Crippen molar-refractivity contribution in [3.05, 3.63) is 69.9 Å². The summed E-state index contributed by atoms with van der Waals surface area (Å²) in [5.74, 6) is 0.415. The second-order valence-electron chi connectivity index (χ2n) is 5.05. The lowest BCUT2D eigenvalue weighted by Crippen LogP contribution is -1.90. The summed E-state index contributed by atoms with van der Waals surface area (Å²) in [6, 6.07) is 13.7. The molecule has 4 nitrogen and oxygen atoms in total. The average molecular weight is 357 g/mol. The molecule has 4 rings (SSSR count). The standard InChI is InChI=1S/C17H10ClFN4S/c18-13-6-4-12(5-7-13)16-20-21-17-23(16)22-15(24-17)10-3-11-1-8-14(19)9-2-11/h1-10H. The van der Waals surface area contributed by atoms with E-state index in [9.17, 15) is 4.39 Å². The Morgan fingerprint density at radius 1 is 0.958 bits per heavy atom. The van der Waals surface area contributed by atoms with E-state index in [0.717, 1.165) is 16.1 Å². The van der Waals surface area contributed by atoms with Crippen molar-refractivity contribution >= 4 is 40.1 Å². The van der Waals surface area contributed by atoms with Gasteiger partial charge in [-0.25, -0.2) is 4.39 Å². The van der Waals surface area contributed by atoms with E-state index in [-0.39, 0.29) is 5.82 Å². The molecule has 0 aliphatic rings. The number of hydrogen-bond acceptors (Lipinski definition) is 4. The Morgan fingerprint density at radius 2 is 1.71 bits per heavy atom. The maximum Gasteiger partial charge on any atom is 0.235 e. The molecule has 24 heavy (non-hydrogen) atoms. The van der Waals surface area contributed by atoms with Gasteiger partial charge in [0.15, 0.2) is 5.82 Å². The van der Waals surface area contributed by atoms with E-state index < -0.39 is 0 Å². The minimum absolute atomic E-state index is 0.251. The van der Waals surface area contributed by atoms with Crippen molar-refractivity contribution < 1.29 is 4.39 Å². The molecule has 7 heteroatoms. The van der Waals surface area contributed by atoms with Gasteiger partial charge in [-0.15, -0.1) is 10.2 Å². The van der Waals surface area contributed by atoms with Crippen LogP contribution in [0.25, 0.3) is 28.5 Å². The first-order valence-electron chi connectivity index (χ1n) is 7.11. The number of hydrogen-bond donors (Lipinski definition) is 0. The lowest BCUT2D eigenvalue weighted by atomic mass is 10.2. The summed E-state index contributed by atoms with van der Waals surface area (Å²) >= 11 is 7.35. The minimum atomic E-state index is -0.251. The molecule has 2 aromatic heterocycles. The highest BCUT2D eigenvalue weighted by Gasteiger charge is 2.12. The van der Waals surface area contributed by atoms with E-state index in [1.165, 1.54) is 23.5 Å². The fourth-order valence-corrected chi connectivity index (χ4v) is 3.09. The zero-order chi connectivity index (χ0) is 16.5. The Morgan fingerprint density at radius 3 is 2.46 bits per heavy atom. The highest BCUT2D eigenvalue weighted by molar-refractivity contribution is 7.17. The van der Waals surface area contributed by atoms with Crippen molar-refractivity contribution in [3.8, 4) is 11.4 Å². The molecule has 0 fully saturated rings. The molecule has 2 aromatic carbocycles. The summed E-state index contributed by atoms with van der Waals surface area (Å²) in [4.78, 5) is 0.707. The molecule has 0 aliphatic heterocycles. The second kappa shape index (κ2) is 6.14. The first kappa shape index (κ1) is 15.0. The monoisotopic (exact) mass is 356 g/mol. The van der Waals surface area contributed by atoms with Crippen LogP contribution in [0.3, 0.4) is 0 Å². The SMILES string of the molecule is Fc1ccc(C=Cc2nn3c(-c4ccc(Cl)cc4)nnc3s2)cc1. The van der Waals surface area contributed by atoms with Crippen molar-refractivity contribution in [1.82, 2.24) is 19.8 Å². The van der Waals surface area contributed by atoms with Gasteiger partial charge in [0, 0.05) is 10.6 Å². The van der Waals surface area contributed by atoms with Crippen LogP contribution >= 0.6 is 22.9 Å². The van der Waals surface area contributed by atoms with Gasteiger partial charge >= 0.3 is 0 Å².